The number of phenols is 1. The van der Waals surface area contributed by atoms with Crippen molar-refractivity contribution in [3.05, 3.63) is 23.8 Å². The first kappa shape index (κ1) is 24.8. The van der Waals surface area contributed by atoms with Gasteiger partial charge in [-0.3, -0.25) is 14.6 Å². The van der Waals surface area contributed by atoms with Gasteiger partial charge in [-0.15, -0.1) is 0 Å². The second-order valence-corrected chi connectivity index (χ2v) is 10.2. The fourth-order valence-electron chi connectivity index (χ4n) is 6.20. The number of likely N-dealkylation sites (tertiary alicyclic amines) is 2. The minimum Gasteiger partial charge on any atom is -0.504 e. The molecule has 8 heteroatoms. The molecule has 3 saturated heterocycles. The Morgan fingerprint density at radius 2 is 1.94 bits per heavy atom. The summed E-state index contributed by atoms with van der Waals surface area (Å²) in [5.74, 6) is 0.774. The predicted octanol–water partition coefficient (Wildman–Crippen LogP) is 3.19. The zero-order valence-electron chi connectivity index (χ0n) is 20.9. The van der Waals surface area contributed by atoms with Crippen molar-refractivity contribution in [1.82, 2.24) is 20.0 Å². The van der Waals surface area contributed by atoms with E-state index >= 15 is 0 Å². The highest BCUT2D eigenvalue weighted by molar-refractivity contribution is 6.07. The molecule has 0 bridgehead atoms. The van der Waals surface area contributed by atoms with Crippen LogP contribution in [0.1, 0.15) is 57.4 Å². The van der Waals surface area contributed by atoms with Crippen LogP contribution in [0.2, 0.25) is 0 Å². The van der Waals surface area contributed by atoms with E-state index in [9.17, 15) is 14.7 Å². The third kappa shape index (κ3) is 4.75. The van der Waals surface area contributed by atoms with Crippen molar-refractivity contribution in [1.29, 1.82) is 0 Å². The molecule has 2 unspecified atom stereocenters. The molecule has 3 heterocycles. The summed E-state index contributed by atoms with van der Waals surface area (Å²) < 4.78 is 5.24. The van der Waals surface area contributed by atoms with Crippen LogP contribution in [0.4, 0.5) is 4.79 Å². The molecule has 0 aromatic heterocycles. The number of para-hydroxylation sites is 1. The number of hydrogen-bond donors (Lipinski definition) is 2. The Kier molecular flexibility index (Phi) is 7.67. The standard InChI is InChI=1S/C26H40N4O4/c1-4-13-26(24(32)30(25(33)27-26)17-12-21-8-6-14-28(21)2)20-10-15-29(16-11-20)18-19-7-5-9-22(34-3)23(19)31/h5,7,9,20-21,31H,4,6,8,10-18H2,1-3H3,(H,27,33). The third-order valence-corrected chi connectivity index (χ3v) is 8.18. The van der Waals surface area contributed by atoms with Gasteiger partial charge in [-0.1, -0.05) is 25.5 Å². The van der Waals surface area contributed by atoms with Gasteiger partial charge in [0.1, 0.15) is 5.54 Å². The average Bonchev–Trinajstić information content (AvgIpc) is 3.35. The zero-order valence-corrected chi connectivity index (χ0v) is 20.9. The van der Waals surface area contributed by atoms with Crippen molar-refractivity contribution in [2.45, 2.75) is 70.0 Å². The van der Waals surface area contributed by atoms with E-state index in [1.165, 1.54) is 11.3 Å². The lowest BCUT2D eigenvalue weighted by Crippen LogP contribution is -2.56. The molecule has 1 aromatic rings. The highest BCUT2D eigenvalue weighted by atomic mass is 16.5. The van der Waals surface area contributed by atoms with Gasteiger partial charge in [-0.25, -0.2) is 4.79 Å². The largest absolute Gasteiger partial charge is 0.504 e. The van der Waals surface area contributed by atoms with E-state index in [0.29, 0.717) is 31.3 Å². The van der Waals surface area contributed by atoms with E-state index < -0.39 is 5.54 Å². The van der Waals surface area contributed by atoms with E-state index in [1.54, 1.807) is 13.2 Å². The summed E-state index contributed by atoms with van der Waals surface area (Å²) in [4.78, 5) is 32.7. The van der Waals surface area contributed by atoms with Crippen molar-refractivity contribution in [3.63, 3.8) is 0 Å². The fraction of sp³-hybridized carbons (Fsp3) is 0.692. The fourth-order valence-corrected chi connectivity index (χ4v) is 6.20. The summed E-state index contributed by atoms with van der Waals surface area (Å²) in [7, 11) is 3.68. The molecule has 0 spiro atoms. The van der Waals surface area contributed by atoms with Crippen LogP contribution >= 0.6 is 0 Å². The molecule has 3 aliphatic heterocycles. The number of aromatic hydroxyl groups is 1. The molecular formula is C26H40N4O4. The Balaban J connectivity index is 1.39. The van der Waals surface area contributed by atoms with Gasteiger partial charge in [0, 0.05) is 24.7 Å². The number of nitrogens with zero attached hydrogens (tertiary/aromatic N) is 3. The maximum atomic E-state index is 13.7. The summed E-state index contributed by atoms with van der Waals surface area (Å²) in [6.45, 7) is 5.96. The summed E-state index contributed by atoms with van der Waals surface area (Å²) >= 11 is 0. The number of carbonyl (C=O) groups is 2. The maximum absolute atomic E-state index is 13.7. The molecule has 3 fully saturated rings. The number of amides is 3. The lowest BCUT2D eigenvalue weighted by Gasteiger charge is -2.41. The number of phenolic OH excluding ortho intramolecular Hbond substituents is 1. The number of benzene rings is 1. The zero-order chi connectivity index (χ0) is 24.3. The van der Waals surface area contributed by atoms with E-state index in [2.05, 4.69) is 29.1 Å². The van der Waals surface area contributed by atoms with Gasteiger partial charge in [0.2, 0.25) is 0 Å². The van der Waals surface area contributed by atoms with Crippen LogP contribution < -0.4 is 10.1 Å². The quantitative estimate of drug-likeness (QED) is 0.537. The minimum absolute atomic E-state index is 0.0242. The number of ether oxygens (including phenoxy) is 1. The first-order chi connectivity index (χ1) is 16.4. The number of imide groups is 1. The van der Waals surface area contributed by atoms with Gasteiger partial charge in [-0.2, -0.15) is 0 Å². The monoisotopic (exact) mass is 472 g/mol. The Labute approximate surface area is 203 Å². The number of piperidine rings is 1. The topological polar surface area (TPSA) is 85.3 Å². The van der Waals surface area contributed by atoms with E-state index in [1.807, 2.05) is 12.1 Å². The highest BCUT2D eigenvalue weighted by Gasteiger charge is 2.55. The average molecular weight is 473 g/mol. The second kappa shape index (κ2) is 10.5. The number of urea groups is 1. The Morgan fingerprint density at radius 3 is 2.59 bits per heavy atom. The number of rotatable bonds is 9. The van der Waals surface area contributed by atoms with Gasteiger partial charge in [0.25, 0.3) is 5.91 Å². The number of methoxy groups -OCH3 is 1. The first-order valence-electron chi connectivity index (χ1n) is 12.8. The molecule has 3 amide bonds. The van der Waals surface area contributed by atoms with E-state index in [0.717, 1.165) is 57.3 Å². The van der Waals surface area contributed by atoms with Crippen molar-refractivity contribution < 1.29 is 19.4 Å². The summed E-state index contributed by atoms with van der Waals surface area (Å²) in [6.07, 6.45) is 6.39. The van der Waals surface area contributed by atoms with Gasteiger partial charge in [0.05, 0.1) is 7.11 Å². The molecule has 3 aliphatic rings. The van der Waals surface area contributed by atoms with Gasteiger partial charge < -0.3 is 20.1 Å². The number of nitrogens with one attached hydrogen (secondary N) is 1. The van der Waals surface area contributed by atoms with Gasteiger partial charge in [0.15, 0.2) is 11.5 Å². The van der Waals surface area contributed by atoms with Crippen molar-refractivity contribution in [2.24, 2.45) is 5.92 Å². The van der Waals surface area contributed by atoms with Crippen LogP contribution in [0.3, 0.4) is 0 Å². The van der Waals surface area contributed by atoms with Crippen LogP contribution in [0.25, 0.3) is 0 Å². The Morgan fingerprint density at radius 1 is 1.18 bits per heavy atom. The molecule has 0 aliphatic carbocycles. The van der Waals surface area contributed by atoms with Gasteiger partial charge >= 0.3 is 6.03 Å². The van der Waals surface area contributed by atoms with Crippen molar-refractivity contribution >= 4 is 11.9 Å². The molecule has 2 N–H and O–H groups in total. The van der Waals surface area contributed by atoms with Crippen LogP contribution in [-0.4, -0.2) is 83.7 Å². The molecule has 1 aromatic carbocycles. The van der Waals surface area contributed by atoms with Crippen LogP contribution in [-0.2, 0) is 11.3 Å². The minimum atomic E-state index is -0.780. The predicted molar refractivity (Wildman–Crippen MR) is 131 cm³/mol. The van der Waals surface area contributed by atoms with Gasteiger partial charge in [-0.05, 0) is 77.2 Å². The normalized spacial score (nSPS) is 26.9. The molecule has 8 nitrogen and oxygen atoms in total. The lowest BCUT2D eigenvalue weighted by molar-refractivity contribution is -0.134. The molecule has 4 rings (SSSR count). The molecular weight excluding hydrogens is 432 g/mol. The number of hydrogen-bond acceptors (Lipinski definition) is 6. The number of carbonyl (C=O) groups excluding carboxylic acids is 2. The Hall–Kier alpha value is -2.32. The first-order valence-corrected chi connectivity index (χ1v) is 12.8. The molecule has 188 valence electrons. The molecule has 0 saturated carbocycles. The molecule has 0 radical (unpaired) electrons. The summed E-state index contributed by atoms with van der Waals surface area (Å²) in [5, 5.41) is 13.6. The van der Waals surface area contributed by atoms with E-state index in [-0.39, 0.29) is 23.6 Å². The third-order valence-electron chi connectivity index (χ3n) is 8.18. The van der Waals surface area contributed by atoms with Crippen molar-refractivity contribution in [2.75, 3.05) is 40.3 Å². The van der Waals surface area contributed by atoms with Crippen molar-refractivity contribution in [3.8, 4) is 11.5 Å². The SMILES string of the molecule is CCCC1(C2CCN(Cc3cccc(OC)c3O)CC2)NC(=O)N(CCC2CCCN2C)C1=O. The maximum Gasteiger partial charge on any atom is 0.325 e. The lowest BCUT2D eigenvalue weighted by atomic mass is 9.74. The smallest absolute Gasteiger partial charge is 0.325 e. The van der Waals surface area contributed by atoms with Crippen LogP contribution in [0.5, 0.6) is 11.5 Å². The van der Waals surface area contributed by atoms with E-state index in [4.69, 9.17) is 4.74 Å². The summed E-state index contributed by atoms with van der Waals surface area (Å²) in [5.41, 5.74) is 0.0619. The van der Waals surface area contributed by atoms with Crippen LogP contribution in [0.15, 0.2) is 18.2 Å². The molecule has 34 heavy (non-hydrogen) atoms. The summed E-state index contributed by atoms with van der Waals surface area (Å²) in [6, 6.07) is 5.80. The molecule has 2 atom stereocenters. The highest BCUT2D eigenvalue weighted by Crippen LogP contribution is 2.38. The second-order valence-electron chi connectivity index (χ2n) is 10.2. The van der Waals surface area contributed by atoms with Crippen LogP contribution in [0, 0.1) is 5.92 Å². The Bertz CT molecular complexity index is 886.